The number of hydrogen-bond donors (Lipinski definition) is 1. The van der Waals surface area contributed by atoms with Crippen LogP contribution in [-0.4, -0.2) is 45.3 Å². The zero-order chi connectivity index (χ0) is 12.3. The molecule has 0 aromatic rings. The second kappa shape index (κ2) is 9.83. The summed E-state index contributed by atoms with van der Waals surface area (Å²) < 4.78 is 16.6. The molecule has 1 N–H and O–H groups in total. The van der Waals surface area contributed by atoms with E-state index in [9.17, 15) is 0 Å². The van der Waals surface area contributed by atoms with Crippen molar-refractivity contribution in [1.82, 2.24) is 5.32 Å². The van der Waals surface area contributed by atoms with Crippen molar-refractivity contribution in [2.24, 2.45) is 0 Å². The van der Waals surface area contributed by atoms with E-state index in [0.717, 1.165) is 26.1 Å². The SMILES string of the molecule is CCOC(CCNCC1CCCCO1)OCC. The Kier molecular flexibility index (Phi) is 8.61. The van der Waals surface area contributed by atoms with Crippen LogP contribution in [0.2, 0.25) is 0 Å². The van der Waals surface area contributed by atoms with Gasteiger partial charge < -0.3 is 19.5 Å². The smallest absolute Gasteiger partial charge is 0.158 e. The maximum atomic E-state index is 5.65. The molecule has 1 aliphatic heterocycles. The molecule has 17 heavy (non-hydrogen) atoms. The lowest BCUT2D eigenvalue weighted by molar-refractivity contribution is -0.138. The fraction of sp³-hybridized carbons (Fsp3) is 1.00. The largest absolute Gasteiger partial charge is 0.377 e. The third kappa shape index (κ3) is 6.99. The van der Waals surface area contributed by atoms with E-state index >= 15 is 0 Å². The second-order valence-corrected chi connectivity index (χ2v) is 4.32. The highest BCUT2D eigenvalue weighted by atomic mass is 16.7. The zero-order valence-electron chi connectivity index (χ0n) is 11.2. The summed E-state index contributed by atoms with van der Waals surface area (Å²) >= 11 is 0. The lowest BCUT2D eigenvalue weighted by Crippen LogP contribution is -2.34. The van der Waals surface area contributed by atoms with Crippen molar-refractivity contribution in [1.29, 1.82) is 0 Å². The van der Waals surface area contributed by atoms with Crippen LogP contribution < -0.4 is 5.32 Å². The number of hydrogen-bond acceptors (Lipinski definition) is 4. The van der Waals surface area contributed by atoms with Gasteiger partial charge in [0.15, 0.2) is 6.29 Å². The van der Waals surface area contributed by atoms with Crippen molar-refractivity contribution >= 4 is 0 Å². The summed E-state index contributed by atoms with van der Waals surface area (Å²) in [4.78, 5) is 0. The summed E-state index contributed by atoms with van der Waals surface area (Å²) in [7, 11) is 0. The van der Waals surface area contributed by atoms with E-state index in [4.69, 9.17) is 14.2 Å². The van der Waals surface area contributed by atoms with E-state index in [2.05, 4.69) is 5.32 Å². The maximum Gasteiger partial charge on any atom is 0.158 e. The van der Waals surface area contributed by atoms with E-state index in [1.165, 1.54) is 19.3 Å². The van der Waals surface area contributed by atoms with E-state index in [1.54, 1.807) is 0 Å². The van der Waals surface area contributed by atoms with Gasteiger partial charge in [0.25, 0.3) is 0 Å². The molecule has 0 aromatic heterocycles. The van der Waals surface area contributed by atoms with Crippen LogP contribution in [0.25, 0.3) is 0 Å². The lowest BCUT2D eigenvalue weighted by atomic mass is 10.1. The Hall–Kier alpha value is -0.160. The van der Waals surface area contributed by atoms with Gasteiger partial charge in [0.1, 0.15) is 0 Å². The molecule has 1 atom stereocenters. The first-order valence-electron chi connectivity index (χ1n) is 6.92. The molecule has 1 unspecified atom stereocenters. The summed E-state index contributed by atoms with van der Waals surface area (Å²) in [6.45, 7) is 8.19. The van der Waals surface area contributed by atoms with Crippen molar-refractivity contribution in [2.45, 2.75) is 51.9 Å². The van der Waals surface area contributed by atoms with Crippen LogP contribution in [0.4, 0.5) is 0 Å². The van der Waals surface area contributed by atoms with Crippen LogP contribution >= 0.6 is 0 Å². The van der Waals surface area contributed by atoms with Gasteiger partial charge in [0.2, 0.25) is 0 Å². The molecular formula is C13H27NO3. The van der Waals surface area contributed by atoms with Crippen molar-refractivity contribution in [3.8, 4) is 0 Å². The molecule has 0 bridgehead atoms. The van der Waals surface area contributed by atoms with Gasteiger partial charge in [-0.1, -0.05) is 0 Å². The topological polar surface area (TPSA) is 39.7 Å². The molecule has 1 saturated heterocycles. The lowest BCUT2D eigenvalue weighted by Gasteiger charge is -2.23. The van der Waals surface area contributed by atoms with E-state index < -0.39 is 0 Å². The Morgan fingerprint density at radius 2 is 2.00 bits per heavy atom. The highest BCUT2D eigenvalue weighted by molar-refractivity contribution is 4.66. The van der Waals surface area contributed by atoms with Crippen LogP contribution in [0.5, 0.6) is 0 Å². The fourth-order valence-corrected chi connectivity index (χ4v) is 2.04. The highest BCUT2D eigenvalue weighted by Crippen LogP contribution is 2.11. The van der Waals surface area contributed by atoms with Gasteiger partial charge in [0.05, 0.1) is 6.10 Å². The molecule has 4 heteroatoms. The van der Waals surface area contributed by atoms with Crippen molar-refractivity contribution in [3.63, 3.8) is 0 Å². The van der Waals surface area contributed by atoms with Crippen LogP contribution in [-0.2, 0) is 14.2 Å². The minimum absolute atomic E-state index is 0.0650. The van der Waals surface area contributed by atoms with Crippen LogP contribution in [0.3, 0.4) is 0 Å². The maximum absolute atomic E-state index is 5.65. The third-order valence-electron chi connectivity index (χ3n) is 2.91. The molecular weight excluding hydrogens is 218 g/mol. The second-order valence-electron chi connectivity index (χ2n) is 4.32. The molecule has 0 aromatic carbocycles. The van der Waals surface area contributed by atoms with Crippen LogP contribution in [0.15, 0.2) is 0 Å². The van der Waals surface area contributed by atoms with Crippen molar-refractivity contribution < 1.29 is 14.2 Å². The first-order chi connectivity index (χ1) is 8.36. The molecule has 1 aliphatic rings. The molecule has 0 radical (unpaired) electrons. The predicted octanol–water partition coefficient (Wildman–Crippen LogP) is 1.93. The molecule has 4 nitrogen and oxygen atoms in total. The highest BCUT2D eigenvalue weighted by Gasteiger charge is 2.13. The minimum atomic E-state index is -0.0650. The van der Waals surface area contributed by atoms with Gasteiger partial charge in [-0.2, -0.15) is 0 Å². The summed E-state index contributed by atoms with van der Waals surface area (Å²) in [6, 6.07) is 0. The Morgan fingerprint density at radius 3 is 2.59 bits per heavy atom. The first kappa shape index (κ1) is 14.9. The Bertz CT molecular complexity index is 166. The van der Waals surface area contributed by atoms with E-state index in [1.807, 2.05) is 13.8 Å². The molecule has 0 aliphatic carbocycles. The van der Waals surface area contributed by atoms with E-state index in [0.29, 0.717) is 19.3 Å². The van der Waals surface area contributed by atoms with Gasteiger partial charge in [-0.3, -0.25) is 0 Å². The monoisotopic (exact) mass is 245 g/mol. The van der Waals surface area contributed by atoms with Gasteiger partial charge in [-0.05, 0) is 33.1 Å². The van der Waals surface area contributed by atoms with Crippen LogP contribution in [0, 0.1) is 0 Å². The Balaban J connectivity index is 2.00. The average molecular weight is 245 g/mol. The minimum Gasteiger partial charge on any atom is -0.377 e. The third-order valence-corrected chi connectivity index (χ3v) is 2.91. The summed E-state index contributed by atoms with van der Waals surface area (Å²) in [5.74, 6) is 0. The molecule has 1 rings (SSSR count). The molecule has 102 valence electrons. The van der Waals surface area contributed by atoms with Gasteiger partial charge in [-0.25, -0.2) is 0 Å². The molecule has 1 heterocycles. The molecule has 1 fully saturated rings. The molecule has 0 spiro atoms. The fourth-order valence-electron chi connectivity index (χ4n) is 2.04. The van der Waals surface area contributed by atoms with Gasteiger partial charge >= 0.3 is 0 Å². The van der Waals surface area contributed by atoms with Crippen molar-refractivity contribution in [3.05, 3.63) is 0 Å². The molecule has 0 saturated carbocycles. The van der Waals surface area contributed by atoms with Crippen molar-refractivity contribution in [2.75, 3.05) is 32.9 Å². The number of ether oxygens (including phenoxy) is 3. The quantitative estimate of drug-likeness (QED) is 0.498. The predicted molar refractivity (Wildman–Crippen MR) is 68.1 cm³/mol. The van der Waals surface area contributed by atoms with E-state index in [-0.39, 0.29) is 6.29 Å². The van der Waals surface area contributed by atoms with Gasteiger partial charge in [0, 0.05) is 39.3 Å². The van der Waals surface area contributed by atoms with Gasteiger partial charge in [-0.15, -0.1) is 0 Å². The summed E-state index contributed by atoms with van der Waals surface area (Å²) in [5.41, 5.74) is 0. The first-order valence-corrected chi connectivity index (χ1v) is 6.92. The summed E-state index contributed by atoms with van der Waals surface area (Å²) in [5, 5.41) is 3.42. The Morgan fingerprint density at radius 1 is 1.24 bits per heavy atom. The zero-order valence-corrected chi connectivity index (χ0v) is 11.2. The average Bonchev–Trinajstić information content (AvgIpc) is 2.36. The molecule has 0 amide bonds. The number of nitrogens with one attached hydrogen (secondary N) is 1. The summed E-state index contributed by atoms with van der Waals surface area (Å²) in [6.07, 6.45) is 4.94. The standard InChI is InChI=1S/C13H27NO3/c1-3-15-13(16-4-2)8-9-14-11-12-7-5-6-10-17-12/h12-14H,3-11H2,1-2H3. The normalized spacial score (nSPS) is 21.0. The Labute approximate surface area is 105 Å². The number of rotatable bonds is 9. The van der Waals surface area contributed by atoms with Crippen LogP contribution in [0.1, 0.15) is 39.5 Å².